The number of carbonyl (C=O) groups excluding carboxylic acids is 2. The Kier molecular flexibility index (Phi) is 7.32. The van der Waals surface area contributed by atoms with E-state index in [2.05, 4.69) is 21.6 Å². The number of fused-ring (bicyclic) bond motifs is 2. The van der Waals surface area contributed by atoms with Gasteiger partial charge in [-0.25, -0.2) is 0 Å². The van der Waals surface area contributed by atoms with Gasteiger partial charge in [-0.15, -0.1) is 0 Å². The van der Waals surface area contributed by atoms with Crippen molar-refractivity contribution in [1.82, 2.24) is 0 Å². The first-order valence-electron chi connectivity index (χ1n) is 10.0. The van der Waals surface area contributed by atoms with Crippen molar-refractivity contribution in [3.05, 3.63) is 68.7 Å². The van der Waals surface area contributed by atoms with Crippen molar-refractivity contribution in [2.75, 3.05) is 14.2 Å². The summed E-state index contributed by atoms with van der Waals surface area (Å²) in [7, 11) is 2.82. The summed E-state index contributed by atoms with van der Waals surface area (Å²) in [4.78, 5) is 22.2. The van der Waals surface area contributed by atoms with E-state index in [1.807, 2.05) is 18.2 Å². The van der Waals surface area contributed by atoms with E-state index in [9.17, 15) is 9.59 Å². The summed E-state index contributed by atoms with van der Waals surface area (Å²) in [5.41, 5.74) is 7.46. The molecule has 29 heavy (non-hydrogen) atoms. The van der Waals surface area contributed by atoms with E-state index in [-0.39, 0.29) is 18.4 Å². The van der Waals surface area contributed by atoms with Crippen LogP contribution < -0.4 is 0 Å². The van der Waals surface area contributed by atoms with Gasteiger partial charge in [0.15, 0.2) is 0 Å². The Morgan fingerprint density at radius 3 is 2.00 bits per heavy atom. The van der Waals surface area contributed by atoms with Gasteiger partial charge in [-0.1, -0.05) is 35.9 Å². The van der Waals surface area contributed by atoms with Gasteiger partial charge in [0.05, 0.1) is 27.1 Å². The van der Waals surface area contributed by atoms with E-state index in [4.69, 9.17) is 11.6 Å². The van der Waals surface area contributed by atoms with E-state index in [0.29, 0.717) is 11.4 Å². The topological polar surface area (TPSA) is 52.6 Å². The quantitative estimate of drug-likeness (QED) is 0.694. The average Bonchev–Trinajstić information content (AvgIpc) is 3.37. The maximum absolute atomic E-state index is 11.2. The Bertz CT molecular complexity index is 904. The van der Waals surface area contributed by atoms with Crippen LogP contribution in [0.4, 0.5) is 0 Å². The highest BCUT2D eigenvalue weighted by Crippen LogP contribution is 2.28. The van der Waals surface area contributed by atoms with Crippen LogP contribution in [0.2, 0.25) is 5.02 Å². The van der Waals surface area contributed by atoms with Crippen LogP contribution in [0.25, 0.3) is 0 Å². The molecule has 0 saturated heterocycles. The van der Waals surface area contributed by atoms with Gasteiger partial charge in [-0.05, 0) is 78.0 Å². The number of halogens is 1. The van der Waals surface area contributed by atoms with E-state index in [0.717, 1.165) is 30.4 Å². The minimum atomic E-state index is -0.241. The fraction of sp³-hybridized carbons (Fsp3) is 0.417. The number of rotatable bonds is 4. The molecular formula is C24H27ClO4. The molecule has 5 heteroatoms. The summed E-state index contributed by atoms with van der Waals surface area (Å²) < 4.78 is 9.27. The first kappa shape index (κ1) is 21.4. The monoisotopic (exact) mass is 414 g/mol. The van der Waals surface area contributed by atoms with Gasteiger partial charge in [0.1, 0.15) is 0 Å². The number of benzene rings is 2. The summed E-state index contributed by atoms with van der Waals surface area (Å²) in [5, 5.41) is 0.682. The van der Waals surface area contributed by atoms with E-state index < -0.39 is 0 Å². The van der Waals surface area contributed by atoms with Gasteiger partial charge in [0.2, 0.25) is 0 Å². The molecule has 0 aromatic heterocycles. The SMILES string of the molecule is COC(=O)Cc1cc2c(cc1Cl)CCC2.COC(=O)Cc1ccc2c(c1)CCC2. The molecule has 0 atom stereocenters. The van der Waals surface area contributed by atoms with Crippen molar-refractivity contribution >= 4 is 23.5 Å². The van der Waals surface area contributed by atoms with Gasteiger partial charge in [0, 0.05) is 5.02 Å². The molecule has 2 aromatic carbocycles. The maximum Gasteiger partial charge on any atom is 0.310 e. The van der Waals surface area contributed by atoms with Crippen molar-refractivity contribution in [3.63, 3.8) is 0 Å². The third kappa shape index (κ3) is 5.60. The largest absolute Gasteiger partial charge is 0.469 e. The molecule has 0 fully saturated rings. The molecule has 0 heterocycles. The van der Waals surface area contributed by atoms with Crippen molar-refractivity contribution < 1.29 is 19.1 Å². The number of methoxy groups -OCH3 is 2. The first-order valence-corrected chi connectivity index (χ1v) is 10.4. The van der Waals surface area contributed by atoms with Crippen molar-refractivity contribution in [2.24, 2.45) is 0 Å². The Hall–Kier alpha value is -2.33. The smallest absolute Gasteiger partial charge is 0.310 e. The molecular weight excluding hydrogens is 388 g/mol. The molecule has 0 radical (unpaired) electrons. The van der Waals surface area contributed by atoms with Gasteiger partial charge < -0.3 is 9.47 Å². The Labute approximate surface area is 177 Å². The van der Waals surface area contributed by atoms with Gasteiger partial charge in [-0.2, -0.15) is 0 Å². The first-order chi connectivity index (χ1) is 14.0. The van der Waals surface area contributed by atoms with Crippen LogP contribution in [0.3, 0.4) is 0 Å². The highest BCUT2D eigenvalue weighted by Gasteiger charge is 2.15. The lowest BCUT2D eigenvalue weighted by atomic mass is 10.0. The Balaban J connectivity index is 0.000000166. The molecule has 0 aliphatic heterocycles. The lowest BCUT2D eigenvalue weighted by Gasteiger charge is -2.06. The number of hydrogen-bond acceptors (Lipinski definition) is 4. The molecule has 0 spiro atoms. The van der Waals surface area contributed by atoms with Gasteiger partial charge in [0.25, 0.3) is 0 Å². The van der Waals surface area contributed by atoms with Crippen LogP contribution in [0, 0.1) is 0 Å². The van der Waals surface area contributed by atoms with Crippen molar-refractivity contribution in [3.8, 4) is 0 Å². The fourth-order valence-electron chi connectivity index (χ4n) is 3.98. The molecule has 4 rings (SSSR count). The van der Waals surface area contributed by atoms with Gasteiger partial charge in [-0.3, -0.25) is 9.59 Å². The maximum atomic E-state index is 11.2. The minimum absolute atomic E-state index is 0.164. The zero-order valence-electron chi connectivity index (χ0n) is 17.1. The second-order valence-electron chi connectivity index (χ2n) is 7.53. The highest BCUT2D eigenvalue weighted by molar-refractivity contribution is 6.31. The second kappa shape index (κ2) is 9.93. The summed E-state index contributed by atoms with van der Waals surface area (Å²) in [6, 6.07) is 10.3. The van der Waals surface area contributed by atoms with Crippen molar-refractivity contribution in [1.29, 1.82) is 0 Å². The van der Waals surface area contributed by atoms with Crippen LogP contribution in [-0.4, -0.2) is 26.2 Å². The zero-order valence-corrected chi connectivity index (χ0v) is 17.8. The molecule has 0 unspecified atom stereocenters. The average molecular weight is 415 g/mol. The molecule has 0 bridgehead atoms. The van der Waals surface area contributed by atoms with Crippen LogP contribution in [0.5, 0.6) is 0 Å². The van der Waals surface area contributed by atoms with Crippen LogP contribution in [0.1, 0.15) is 46.2 Å². The van der Waals surface area contributed by atoms with E-state index >= 15 is 0 Å². The molecule has 2 aliphatic carbocycles. The highest BCUT2D eigenvalue weighted by atomic mass is 35.5. The molecule has 0 N–H and O–H groups in total. The normalized spacial score (nSPS) is 13.8. The summed E-state index contributed by atoms with van der Waals surface area (Å²) >= 11 is 6.10. The van der Waals surface area contributed by atoms with Crippen LogP contribution in [0.15, 0.2) is 30.3 Å². The van der Waals surface area contributed by atoms with Crippen LogP contribution >= 0.6 is 11.6 Å². The fourth-order valence-corrected chi connectivity index (χ4v) is 4.24. The number of aryl methyl sites for hydroxylation is 4. The minimum Gasteiger partial charge on any atom is -0.469 e. The third-order valence-corrected chi connectivity index (χ3v) is 5.91. The molecule has 0 amide bonds. The Morgan fingerprint density at radius 2 is 1.34 bits per heavy atom. The second-order valence-corrected chi connectivity index (χ2v) is 7.94. The molecule has 154 valence electrons. The standard InChI is InChI=1S/C12H13ClO2.C12H14O2/c1-15-12(14)7-10-5-8-3-2-4-9(8)6-11(10)13;1-14-12(13)8-9-5-6-10-3-2-4-11(10)7-9/h5-6H,2-4,7H2,1H3;5-7H,2-4,8H2,1H3. The third-order valence-electron chi connectivity index (χ3n) is 5.56. The number of esters is 2. The predicted molar refractivity (Wildman–Crippen MR) is 113 cm³/mol. The zero-order chi connectivity index (χ0) is 20.8. The summed E-state index contributed by atoms with van der Waals surface area (Å²) in [6.45, 7) is 0. The molecule has 2 aliphatic rings. The number of hydrogen-bond donors (Lipinski definition) is 0. The lowest BCUT2D eigenvalue weighted by molar-refractivity contribution is -0.140. The van der Waals surface area contributed by atoms with Crippen LogP contribution in [-0.2, 0) is 57.6 Å². The Morgan fingerprint density at radius 1 is 0.793 bits per heavy atom. The van der Waals surface area contributed by atoms with Crippen molar-refractivity contribution in [2.45, 2.75) is 51.4 Å². The van der Waals surface area contributed by atoms with Gasteiger partial charge >= 0.3 is 11.9 Å². The van der Waals surface area contributed by atoms with E-state index in [1.165, 1.54) is 55.7 Å². The molecule has 0 saturated carbocycles. The summed E-state index contributed by atoms with van der Waals surface area (Å²) in [6.07, 6.45) is 7.64. The molecule has 4 nitrogen and oxygen atoms in total. The predicted octanol–water partition coefficient (Wildman–Crippen LogP) is 4.44. The lowest BCUT2D eigenvalue weighted by Crippen LogP contribution is -2.05. The number of carbonyl (C=O) groups is 2. The summed E-state index contributed by atoms with van der Waals surface area (Å²) in [5.74, 6) is -0.405. The van der Waals surface area contributed by atoms with E-state index in [1.54, 1.807) is 0 Å². The molecule has 2 aromatic rings. The number of ether oxygens (including phenoxy) is 2.